The predicted octanol–water partition coefficient (Wildman–Crippen LogP) is 4.53. The highest BCUT2D eigenvalue weighted by Gasteiger charge is 2.28. The number of rotatable bonds is 9. The van der Waals surface area contributed by atoms with Gasteiger partial charge in [-0.15, -0.1) is 0 Å². The molecule has 0 bridgehead atoms. The molecule has 2 amide bonds. The normalized spacial score (nSPS) is 12.2. The van der Waals surface area contributed by atoms with Crippen molar-refractivity contribution >= 4 is 11.8 Å². The fraction of sp³-hybridized carbons (Fsp3) is 0.462. The molecule has 6 nitrogen and oxygen atoms in total. The van der Waals surface area contributed by atoms with Crippen LogP contribution in [0.3, 0.4) is 0 Å². The number of carbonyl (C=O) groups is 2. The van der Waals surface area contributed by atoms with Crippen molar-refractivity contribution in [1.29, 1.82) is 0 Å². The first-order valence-corrected chi connectivity index (χ1v) is 11.0. The Hall–Kier alpha value is -3.02. The largest absolute Gasteiger partial charge is 0.497 e. The van der Waals surface area contributed by atoms with Crippen LogP contribution in [0.2, 0.25) is 0 Å². The maximum absolute atomic E-state index is 13.2. The number of hydrogen-bond acceptors (Lipinski definition) is 4. The Morgan fingerprint density at radius 3 is 2.22 bits per heavy atom. The summed E-state index contributed by atoms with van der Waals surface area (Å²) in [6, 6.07) is 14.5. The molecule has 174 valence electrons. The van der Waals surface area contributed by atoms with Crippen LogP contribution in [0.5, 0.6) is 11.5 Å². The van der Waals surface area contributed by atoms with E-state index in [0.717, 1.165) is 5.56 Å². The van der Waals surface area contributed by atoms with Gasteiger partial charge in [0.05, 0.1) is 7.11 Å². The minimum atomic E-state index is -0.667. The summed E-state index contributed by atoms with van der Waals surface area (Å²) in [6.45, 7) is 11.8. The van der Waals surface area contributed by atoms with Gasteiger partial charge in [-0.25, -0.2) is 0 Å². The van der Waals surface area contributed by atoms with Crippen molar-refractivity contribution in [1.82, 2.24) is 10.2 Å². The molecule has 0 aliphatic heterocycles. The van der Waals surface area contributed by atoms with E-state index >= 15 is 0 Å². The van der Waals surface area contributed by atoms with Gasteiger partial charge in [0.2, 0.25) is 5.91 Å². The summed E-state index contributed by atoms with van der Waals surface area (Å²) in [4.78, 5) is 27.5. The van der Waals surface area contributed by atoms with Crippen LogP contribution in [0.25, 0.3) is 0 Å². The molecule has 0 fully saturated rings. The van der Waals surface area contributed by atoms with Gasteiger partial charge in [-0.05, 0) is 69.0 Å². The maximum atomic E-state index is 13.2. The first-order chi connectivity index (χ1) is 15.0. The van der Waals surface area contributed by atoms with Gasteiger partial charge in [-0.1, -0.05) is 38.1 Å². The standard InChI is InChI=1S/C26H36N2O4/c1-18(2)21-11-13-22(14-12-21)32-17-24(29)28(19(3)25(30)27-26(4,5)6)16-20-9-8-10-23(15-20)31-7/h8-15,18-19H,16-17H2,1-7H3,(H,27,30)/t19-/m0/s1. The maximum Gasteiger partial charge on any atom is 0.261 e. The summed E-state index contributed by atoms with van der Waals surface area (Å²) >= 11 is 0. The molecule has 1 N–H and O–H groups in total. The van der Waals surface area contributed by atoms with Crippen molar-refractivity contribution in [3.05, 3.63) is 59.7 Å². The number of hydrogen-bond donors (Lipinski definition) is 1. The van der Waals surface area contributed by atoms with Crippen LogP contribution >= 0.6 is 0 Å². The zero-order chi connectivity index (χ0) is 23.9. The molecule has 0 spiro atoms. The topological polar surface area (TPSA) is 67.9 Å². The van der Waals surface area contributed by atoms with Gasteiger partial charge in [0.1, 0.15) is 17.5 Å². The molecule has 1 atom stereocenters. The number of ether oxygens (including phenoxy) is 2. The molecule has 0 unspecified atom stereocenters. The van der Waals surface area contributed by atoms with Gasteiger partial charge in [0.25, 0.3) is 5.91 Å². The van der Waals surface area contributed by atoms with Crippen molar-refractivity contribution in [2.75, 3.05) is 13.7 Å². The fourth-order valence-electron chi connectivity index (χ4n) is 3.20. The minimum Gasteiger partial charge on any atom is -0.497 e. The lowest BCUT2D eigenvalue weighted by molar-refractivity contribution is -0.142. The second-order valence-corrected chi connectivity index (χ2v) is 9.30. The molecule has 2 aromatic rings. The predicted molar refractivity (Wildman–Crippen MR) is 127 cm³/mol. The van der Waals surface area contributed by atoms with Crippen LogP contribution in [-0.2, 0) is 16.1 Å². The highest BCUT2D eigenvalue weighted by Crippen LogP contribution is 2.20. The molecular formula is C26H36N2O4. The SMILES string of the molecule is COc1cccc(CN(C(=O)COc2ccc(C(C)C)cc2)[C@@H](C)C(=O)NC(C)(C)C)c1. The molecule has 0 heterocycles. The lowest BCUT2D eigenvalue weighted by Crippen LogP contribution is -2.53. The Bertz CT molecular complexity index is 901. The number of carbonyl (C=O) groups excluding carboxylic acids is 2. The van der Waals surface area contributed by atoms with E-state index in [-0.39, 0.29) is 25.0 Å². The van der Waals surface area contributed by atoms with E-state index in [2.05, 4.69) is 19.2 Å². The zero-order valence-electron chi connectivity index (χ0n) is 20.3. The first kappa shape index (κ1) is 25.2. The van der Waals surface area contributed by atoms with Gasteiger partial charge in [0.15, 0.2) is 6.61 Å². The third kappa shape index (κ3) is 7.59. The summed E-state index contributed by atoms with van der Waals surface area (Å²) in [5, 5.41) is 2.95. The highest BCUT2D eigenvalue weighted by molar-refractivity contribution is 5.88. The molecule has 0 saturated heterocycles. The van der Waals surface area contributed by atoms with E-state index < -0.39 is 11.6 Å². The van der Waals surface area contributed by atoms with Crippen LogP contribution in [0.1, 0.15) is 58.6 Å². The van der Waals surface area contributed by atoms with Crippen LogP contribution in [0.4, 0.5) is 0 Å². The van der Waals surface area contributed by atoms with Crippen molar-refractivity contribution in [2.45, 2.75) is 65.6 Å². The lowest BCUT2D eigenvalue weighted by atomic mass is 10.0. The average Bonchev–Trinajstić information content (AvgIpc) is 2.74. The summed E-state index contributed by atoms with van der Waals surface area (Å²) in [7, 11) is 1.60. The average molecular weight is 441 g/mol. The molecule has 6 heteroatoms. The minimum absolute atomic E-state index is 0.155. The fourth-order valence-corrected chi connectivity index (χ4v) is 3.20. The monoisotopic (exact) mass is 440 g/mol. The Kier molecular flexibility index (Phi) is 8.70. The van der Waals surface area contributed by atoms with E-state index in [9.17, 15) is 9.59 Å². The van der Waals surface area contributed by atoms with Crippen molar-refractivity contribution in [2.24, 2.45) is 0 Å². The van der Waals surface area contributed by atoms with Gasteiger partial charge in [0, 0.05) is 12.1 Å². The van der Waals surface area contributed by atoms with Crippen molar-refractivity contribution in [3.8, 4) is 11.5 Å². The van der Waals surface area contributed by atoms with Crippen molar-refractivity contribution in [3.63, 3.8) is 0 Å². The summed E-state index contributed by atoms with van der Waals surface area (Å²) < 4.78 is 11.0. The first-order valence-electron chi connectivity index (χ1n) is 11.0. The van der Waals surface area contributed by atoms with E-state index in [0.29, 0.717) is 17.4 Å². The Balaban J connectivity index is 2.17. The number of nitrogens with zero attached hydrogens (tertiary/aromatic N) is 1. The van der Waals surface area contributed by atoms with Crippen LogP contribution in [0, 0.1) is 0 Å². The molecule has 0 saturated carbocycles. The quantitative estimate of drug-likeness (QED) is 0.622. The number of benzene rings is 2. The van der Waals surface area contributed by atoms with Gasteiger partial charge < -0.3 is 19.7 Å². The number of amides is 2. The summed E-state index contributed by atoms with van der Waals surface area (Å²) in [6.07, 6.45) is 0. The number of methoxy groups -OCH3 is 1. The number of nitrogens with one attached hydrogen (secondary N) is 1. The third-order valence-corrected chi connectivity index (χ3v) is 5.06. The molecule has 0 aliphatic carbocycles. The molecule has 0 aromatic heterocycles. The highest BCUT2D eigenvalue weighted by atomic mass is 16.5. The van der Waals surface area contributed by atoms with Crippen LogP contribution in [0.15, 0.2) is 48.5 Å². The second-order valence-electron chi connectivity index (χ2n) is 9.30. The van der Waals surface area contributed by atoms with Crippen molar-refractivity contribution < 1.29 is 19.1 Å². The van der Waals surface area contributed by atoms with E-state index in [4.69, 9.17) is 9.47 Å². The molecule has 2 rings (SSSR count). The molecular weight excluding hydrogens is 404 g/mol. The Morgan fingerprint density at radius 2 is 1.66 bits per heavy atom. The smallest absolute Gasteiger partial charge is 0.261 e. The van der Waals surface area contributed by atoms with Crippen LogP contribution < -0.4 is 14.8 Å². The van der Waals surface area contributed by atoms with Crippen LogP contribution in [-0.4, -0.2) is 42.0 Å². The summed E-state index contributed by atoms with van der Waals surface area (Å²) in [5.41, 5.74) is 1.68. The zero-order valence-corrected chi connectivity index (χ0v) is 20.3. The molecule has 32 heavy (non-hydrogen) atoms. The molecule has 0 radical (unpaired) electrons. The third-order valence-electron chi connectivity index (χ3n) is 5.06. The molecule has 0 aliphatic rings. The lowest BCUT2D eigenvalue weighted by Gasteiger charge is -2.31. The van der Waals surface area contributed by atoms with E-state index in [1.165, 1.54) is 5.56 Å². The Labute approximate surface area is 191 Å². The second kappa shape index (κ2) is 11.0. The molecule has 2 aromatic carbocycles. The Morgan fingerprint density at radius 1 is 1.00 bits per heavy atom. The van der Waals surface area contributed by atoms with Gasteiger partial charge in [-0.3, -0.25) is 9.59 Å². The van der Waals surface area contributed by atoms with Gasteiger partial charge in [-0.2, -0.15) is 0 Å². The summed E-state index contributed by atoms with van der Waals surface area (Å²) in [5.74, 6) is 1.26. The van der Waals surface area contributed by atoms with E-state index in [1.807, 2.05) is 69.3 Å². The van der Waals surface area contributed by atoms with Gasteiger partial charge >= 0.3 is 0 Å². The van der Waals surface area contributed by atoms with E-state index in [1.54, 1.807) is 18.9 Å².